The van der Waals surface area contributed by atoms with Gasteiger partial charge in [-0.3, -0.25) is 0 Å². The van der Waals surface area contributed by atoms with Crippen molar-refractivity contribution in [3.63, 3.8) is 0 Å². The van der Waals surface area contributed by atoms with Crippen LogP contribution in [0.15, 0.2) is 0 Å². The number of hydrogen-bond acceptors (Lipinski definition) is 2. The van der Waals surface area contributed by atoms with Crippen LogP contribution in [-0.2, 0) is 4.74 Å². The van der Waals surface area contributed by atoms with Crippen LogP contribution in [0.5, 0.6) is 0 Å². The minimum Gasteiger partial charge on any atom is -0.378 e. The average molecular weight is 255 g/mol. The molecule has 18 heavy (non-hydrogen) atoms. The van der Waals surface area contributed by atoms with Crippen molar-refractivity contribution in [1.82, 2.24) is 0 Å². The molecule has 1 rings (SSSR count). The van der Waals surface area contributed by atoms with E-state index in [0.717, 1.165) is 19.1 Å². The Hall–Kier alpha value is -0.0800. The van der Waals surface area contributed by atoms with Crippen LogP contribution in [0.3, 0.4) is 0 Å². The first-order valence-corrected chi connectivity index (χ1v) is 7.80. The summed E-state index contributed by atoms with van der Waals surface area (Å²) in [5.74, 6) is 1.38. The molecule has 1 fully saturated rings. The molecule has 0 aromatic heterocycles. The molecule has 0 amide bonds. The van der Waals surface area contributed by atoms with Gasteiger partial charge in [0.05, 0.1) is 6.10 Å². The van der Waals surface area contributed by atoms with Crippen molar-refractivity contribution in [2.45, 2.75) is 72.3 Å². The third-order valence-corrected chi connectivity index (χ3v) is 4.54. The van der Waals surface area contributed by atoms with Gasteiger partial charge in [0.2, 0.25) is 0 Å². The summed E-state index contributed by atoms with van der Waals surface area (Å²) in [5.41, 5.74) is 6.31. The third kappa shape index (κ3) is 4.89. The van der Waals surface area contributed by atoms with Crippen LogP contribution in [0.25, 0.3) is 0 Å². The van der Waals surface area contributed by atoms with Gasteiger partial charge in [-0.05, 0) is 49.5 Å². The molecule has 108 valence electrons. The lowest BCUT2D eigenvalue weighted by Gasteiger charge is -2.41. The lowest BCUT2D eigenvalue weighted by molar-refractivity contribution is -0.0415. The molecular formula is C16H33NO. The van der Waals surface area contributed by atoms with Gasteiger partial charge >= 0.3 is 0 Å². The number of nitrogens with two attached hydrogens (primary N) is 1. The van der Waals surface area contributed by atoms with E-state index < -0.39 is 0 Å². The maximum absolute atomic E-state index is 6.13. The first kappa shape index (κ1) is 16.0. The van der Waals surface area contributed by atoms with Gasteiger partial charge in [-0.1, -0.05) is 40.5 Å². The fourth-order valence-electron chi connectivity index (χ4n) is 3.04. The first-order valence-electron chi connectivity index (χ1n) is 7.80. The van der Waals surface area contributed by atoms with E-state index in [-0.39, 0.29) is 0 Å². The predicted octanol–water partition coefficient (Wildman–Crippen LogP) is 3.98. The van der Waals surface area contributed by atoms with Crippen molar-refractivity contribution in [2.24, 2.45) is 23.0 Å². The van der Waals surface area contributed by atoms with Crippen LogP contribution < -0.4 is 5.73 Å². The van der Waals surface area contributed by atoms with E-state index in [1.54, 1.807) is 0 Å². The Kier molecular flexibility index (Phi) is 6.65. The van der Waals surface area contributed by atoms with E-state index in [4.69, 9.17) is 10.5 Å². The van der Waals surface area contributed by atoms with E-state index >= 15 is 0 Å². The highest BCUT2D eigenvalue weighted by molar-refractivity contribution is 4.86. The van der Waals surface area contributed by atoms with Crippen molar-refractivity contribution in [3.05, 3.63) is 0 Å². The van der Waals surface area contributed by atoms with Crippen molar-refractivity contribution in [2.75, 3.05) is 13.2 Å². The van der Waals surface area contributed by atoms with Gasteiger partial charge in [0, 0.05) is 6.61 Å². The van der Waals surface area contributed by atoms with Gasteiger partial charge in [0.1, 0.15) is 0 Å². The zero-order valence-corrected chi connectivity index (χ0v) is 12.9. The monoisotopic (exact) mass is 255 g/mol. The maximum atomic E-state index is 6.13. The minimum absolute atomic E-state index is 0.407. The molecule has 2 N–H and O–H groups in total. The summed E-state index contributed by atoms with van der Waals surface area (Å²) in [6.07, 6.45) is 7.92. The van der Waals surface area contributed by atoms with Crippen LogP contribution >= 0.6 is 0 Å². The number of unbranched alkanes of at least 4 members (excludes halogenated alkanes) is 2. The standard InChI is InChI=1S/C16H33NO/c1-5-6-7-10-18-15-11-14(16(2,3)4)9-8-13(15)12-17/h13-15H,5-12,17H2,1-4H3. The van der Waals surface area contributed by atoms with Gasteiger partial charge in [-0.25, -0.2) is 0 Å². The van der Waals surface area contributed by atoms with Gasteiger partial charge in [-0.2, -0.15) is 0 Å². The normalized spacial score (nSPS) is 29.5. The Morgan fingerprint density at radius 3 is 2.44 bits per heavy atom. The molecule has 1 saturated carbocycles. The Morgan fingerprint density at radius 1 is 1.17 bits per heavy atom. The zero-order chi connectivity index (χ0) is 13.6. The summed E-state index contributed by atoms with van der Waals surface area (Å²) in [6.45, 7) is 11.0. The van der Waals surface area contributed by atoms with E-state index in [1.807, 2.05) is 0 Å². The molecule has 1 aliphatic carbocycles. The molecular weight excluding hydrogens is 222 g/mol. The molecule has 3 atom stereocenters. The maximum Gasteiger partial charge on any atom is 0.0618 e. The van der Waals surface area contributed by atoms with Gasteiger partial charge < -0.3 is 10.5 Å². The lowest BCUT2D eigenvalue weighted by atomic mass is 9.68. The van der Waals surface area contributed by atoms with E-state index in [2.05, 4.69) is 27.7 Å². The third-order valence-electron chi connectivity index (χ3n) is 4.54. The zero-order valence-electron chi connectivity index (χ0n) is 12.9. The Balaban J connectivity index is 2.43. The van der Waals surface area contributed by atoms with Gasteiger partial charge in [-0.15, -0.1) is 0 Å². The molecule has 0 aliphatic heterocycles. The molecule has 1 aliphatic rings. The van der Waals surface area contributed by atoms with E-state index in [1.165, 1.54) is 38.5 Å². The summed E-state index contributed by atoms with van der Waals surface area (Å²) in [7, 11) is 0. The van der Waals surface area contributed by atoms with Crippen LogP contribution in [0.1, 0.15) is 66.2 Å². The highest BCUT2D eigenvalue weighted by Gasteiger charge is 2.35. The number of ether oxygens (including phenoxy) is 1. The molecule has 0 radical (unpaired) electrons. The molecule has 0 aromatic rings. The molecule has 0 spiro atoms. The summed E-state index contributed by atoms with van der Waals surface area (Å²) in [5, 5.41) is 0. The second-order valence-corrected chi connectivity index (χ2v) is 6.99. The fraction of sp³-hybridized carbons (Fsp3) is 1.00. The Morgan fingerprint density at radius 2 is 1.89 bits per heavy atom. The SMILES string of the molecule is CCCCCOC1CC(C(C)(C)C)CCC1CN. The molecule has 2 nitrogen and oxygen atoms in total. The van der Waals surface area contributed by atoms with E-state index in [9.17, 15) is 0 Å². The Labute approximate surface area is 114 Å². The number of rotatable bonds is 6. The van der Waals surface area contributed by atoms with Crippen LogP contribution in [0.2, 0.25) is 0 Å². The highest BCUT2D eigenvalue weighted by atomic mass is 16.5. The molecule has 0 saturated heterocycles. The van der Waals surface area contributed by atoms with Crippen molar-refractivity contribution in [1.29, 1.82) is 0 Å². The van der Waals surface area contributed by atoms with Gasteiger partial charge in [0.15, 0.2) is 0 Å². The predicted molar refractivity (Wildman–Crippen MR) is 78.6 cm³/mol. The molecule has 3 unspecified atom stereocenters. The summed E-state index contributed by atoms with van der Waals surface area (Å²) in [6, 6.07) is 0. The second-order valence-electron chi connectivity index (χ2n) is 6.99. The number of hydrogen-bond donors (Lipinski definition) is 1. The average Bonchev–Trinajstić information content (AvgIpc) is 2.33. The quantitative estimate of drug-likeness (QED) is 0.729. The smallest absolute Gasteiger partial charge is 0.0618 e. The van der Waals surface area contributed by atoms with Crippen LogP contribution in [0, 0.1) is 17.3 Å². The Bertz CT molecular complexity index is 222. The first-order chi connectivity index (χ1) is 8.49. The van der Waals surface area contributed by atoms with Crippen LogP contribution in [0.4, 0.5) is 0 Å². The van der Waals surface area contributed by atoms with E-state index in [0.29, 0.717) is 17.4 Å². The largest absolute Gasteiger partial charge is 0.378 e. The molecule has 2 heteroatoms. The lowest BCUT2D eigenvalue weighted by Crippen LogP contribution is -2.40. The van der Waals surface area contributed by atoms with Crippen molar-refractivity contribution >= 4 is 0 Å². The summed E-state index contributed by atoms with van der Waals surface area (Å²) in [4.78, 5) is 0. The van der Waals surface area contributed by atoms with Crippen LogP contribution in [-0.4, -0.2) is 19.3 Å². The summed E-state index contributed by atoms with van der Waals surface area (Å²) >= 11 is 0. The van der Waals surface area contributed by atoms with Crippen molar-refractivity contribution in [3.8, 4) is 0 Å². The second kappa shape index (κ2) is 7.49. The highest BCUT2D eigenvalue weighted by Crippen LogP contribution is 2.40. The summed E-state index contributed by atoms with van der Waals surface area (Å²) < 4.78 is 6.13. The molecule has 0 bridgehead atoms. The topological polar surface area (TPSA) is 35.2 Å². The molecule has 0 aromatic carbocycles. The minimum atomic E-state index is 0.407. The fourth-order valence-corrected chi connectivity index (χ4v) is 3.04. The van der Waals surface area contributed by atoms with Gasteiger partial charge in [0.25, 0.3) is 0 Å². The van der Waals surface area contributed by atoms with Crippen molar-refractivity contribution < 1.29 is 4.74 Å². The molecule has 0 heterocycles.